The predicted molar refractivity (Wildman–Crippen MR) is 211 cm³/mol. The topological polar surface area (TPSA) is 204 Å². The summed E-state index contributed by atoms with van der Waals surface area (Å²) in [6.45, 7) is 4.07. The van der Waals surface area contributed by atoms with E-state index in [1.807, 2.05) is 30.2 Å². The van der Waals surface area contributed by atoms with Gasteiger partial charge in [-0.3, -0.25) is 29.2 Å². The number of aryl methyl sites for hydroxylation is 2. The van der Waals surface area contributed by atoms with Crippen molar-refractivity contribution in [1.29, 1.82) is 0 Å². The van der Waals surface area contributed by atoms with Crippen LogP contribution in [-0.4, -0.2) is 92.1 Å². The quantitative estimate of drug-likeness (QED) is 0.0872. The molecule has 3 aromatic heterocycles. The fraction of sp³-hybridized carbons (Fsp3) is 0.590. The van der Waals surface area contributed by atoms with Crippen LogP contribution in [0.3, 0.4) is 0 Å². The zero-order chi connectivity index (χ0) is 39.2. The molecule has 17 heteroatoms. The molecule has 0 spiro atoms. The molecule has 5 heterocycles. The lowest BCUT2D eigenvalue weighted by molar-refractivity contribution is -0.137. The average Bonchev–Trinajstić information content (AvgIpc) is 3.70. The number of hydrogen-bond acceptors (Lipinski definition) is 11. The number of fused-ring (bicyclic) bond motifs is 1. The third-order valence-electron chi connectivity index (χ3n) is 11.2. The van der Waals surface area contributed by atoms with Crippen LogP contribution in [0.15, 0.2) is 18.5 Å². The Morgan fingerprint density at radius 1 is 0.946 bits per heavy atom. The molecule has 2 aliphatic heterocycles. The molecule has 16 nitrogen and oxygen atoms in total. The highest BCUT2D eigenvalue weighted by atomic mass is 32.1. The van der Waals surface area contributed by atoms with E-state index in [1.54, 1.807) is 0 Å². The van der Waals surface area contributed by atoms with Crippen LogP contribution in [0.25, 0.3) is 11.3 Å². The summed E-state index contributed by atoms with van der Waals surface area (Å²) in [5, 5.41) is 22.5. The molecule has 56 heavy (non-hydrogen) atoms. The van der Waals surface area contributed by atoms with Gasteiger partial charge in [0.25, 0.3) is 5.91 Å². The Kier molecular flexibility index (Phi) is 12.6. The third-order valence-corrected chi connectivity index (χ3v) is 12.4. The van der Waals surface area contributed by atoms with E-state index in [0.29, 0.717) is 56.0 Å². The minimum Gasteiger partial charge on any atom is -0.355 e. The van der Waals surface area contributed by atoms with Crippen molar-refractivity contribution >= 4 is 46.9 Å². The molecule has 2 saturated carbocycles. The van der Waals surface area contributed by atoms with Crippen molar-refractivity contribution in [2.45, 2.75) is 115 Å². The molecule has 1 unspecified atom stereocenters. The van der Waals surface area contributed by atoms with Gasteiger partial charge in [-0.15, -0.1) is 11.3 Å². The molecule has 0 bridgehead atoms. The van der Waals surface area contributed by atoms with Crippen molar-refractivity contribution in [3.63, 3.8) is 0 Å². The largest absolute Gasteiger partial charge is 0.355 e. The zero-order valence-electron chi connectivity index (χ0n) is 32.2. The number of thiophene rings is 1. The van der Waals surface area contributed by atoms with Crippen molar-refractivity contribution in [3.05, 3.63) is 45.0 Å². The monoisotopic (exact) mass is 787 g/mol. The van der Waals surface area contributed by atoms with Crippen molar-refractivity contribution in [2.75, 3.05) is 25.0 Å². The first-order valence-electron chi connectivity index (χ1n) is 20.0. The lowest BCUT2D eigenvalue weighted by Gasteiger charge is -2.29. The van der Waals surface area contributed by atoms with Crippen molar-refractivity contribution in [2.24, 2.45) is 13.0 Å². The number of anilines is 1. The van der Waals surface area contributed by atoms with Gasteiger partial charge in [0.05, 0.1) is 29.9 Å². The maximum Gasteiger partial charge on any atom is 0.315 e. The van der Waals surface area contributed by atoms with Gasteiger partial charge in [-0.2, -0.15) is 5.10 Å². The summed E-state index contributed by atoms with van der Waals surface area (Å²) >= 11 is 1.32. The van der Waals surface area contributed by atoms with E-state index in [0.717, 1.165) is 84.5 Å². The van der Waals surface area contributed by atoms with Crippen LogP contribution in [0.4, 0.5) is 10.7 Å². The summed E-state index contributed by atoms with van der Waals surface area (Å²) in [7, 11) is 2.01. The van der Waals surface area contributed by atoms with Gasteiger partial charge in [0.2, 0.25) is 23.7 Å². The standard InChI is InChI=1S/C39H53N11O5S/c1-23-18-43-38(48-34(23)29-20-45-49(2)31(29)16-24-6-7-24)46-27-10-8-26(9-11-27)42-21-33(52)40-14-4-3-5-15-41-39(55)44-19-28-17-25-22-50(37(54)35(25)56-28)30-12-13-32(51)47-36(30)53/h17-18,20,24,26-27,30,42H,3-16,19,21-22H2,1-2H3,(H,40,52)(H2,41,44,55)(H,43,46,48)(H,47,51,53). The number of unbranched alkanes of at least 4 members (excludes halogenated alkanes) is 2. The van der Waals surface area contributed by atoms with Crippen LogP contribution in [0, 0.1) is 12.8 Å². The summed E-state index contributed by atoms with van der Waals surface area (Å²) in [5.74, 6) is 0.455. The number of nitrogens with one attached hydrogen (secondary N) is 6. The Labute approximate surface area is 330 Å². The first-order chi connectivity index (χ1) is 27.1. The van der Waals surface area contributed by atoms with Crippen LogP contribution in [-0.2, 0) is 40.9 Å². The van der Waals surface area contributed by atoms with Crippen LogP contribution in [0.5, 0.6) is 0 Å². The molecule has 0 aromatic carbocycles. The number of amides is 6. The number of rotatable bonds is 17. The Bertz CT molecular complexity index is 1930. The maximum absolute atomic E-state index is 12.9. The molecule has 6 amide bonds. The summed E-state index contributed by atoms with van der Waals surface area (Å²) in [6.07, 6.45) is 14.4. The smallest absolute Gasteiger partial charge is 0.315 e. The number of imide groups is 1. The highest BCUT2D eigenvalue weighted by molar-refractivity contribution is 7.14. The van der Waals surface area contributed by atoms with Gasteiger partial charge in [-0.1, -0.05) is 0 Å². The molecule has 3 aromatic rings. The van der Waals surface area contributed by atoms with Gasteiger partial charge < -0.3 is 31.5 Å². The normalized spacial score (nSPS) is 20.8. The van der Waals surface area contributed by atoms with Crippen LogP contribution < -0.4 is 31.9 Å². The second-order valence-electron chi connectivity index (χ2n) is 15.6. The summed E-state index contributed by atoms with van der Waals surface area (Å²) in [4.78, 5) is 73.9. The summed E-state index contributed by atoms with van der Waals surface area (Å²) in [5.41, 5.74) is 5.18. The average molecular weight is 788 g/mol. The molecule has 3 fully saturated rings. The van der Waals surface area contributed by atoms with E-state index in [2.05, 4.69) is 48.9 Å². The Balaban J connectivity index is 0.714. The highest BCUT2D eigenvalue weighted by Crippen LogP contribution is 2.36. The van der Waals surface area contributed by atoms with E-state index in [9.17, 15) is 24.0 Å². The van der Waals surface area contributed by atoms with Gasteiger partial charge in [-0.05, 0) is 101 Å². The fourth-order valence-electron chi connectivity index (χ4n) is 7.78. The molecule has 300 valence electrons. The van der Waals surface area contributed by atoms with E-state index in [4.69, 9.17) is 4.98 Å². The second-order valence-corrected chi connectivity index (χ2v) is 16.7. The van der Waals surface area contributed by atoms with Gasteiger partial charge in [-0.25, -0.2) is 14.8 Å². The number of carbonyl (C=O) groups is 5. The number of urea groups is 1. The molecule has 6 N–H and O–H groups in total. The number of carbonyl (C=O) groups excluding carboxylic acids is 5. The molecule has 7 rings (SSSR count). The van der Waals surface area contributed by atoms with Crippen molar-refractivity contribution in [3.8, 4) is 11.3 Å². The van der Waals surface area contributed by atoms with E-state index in [1.165, 1.54) is 34.8 Å². The van der Waals surface area contributed by atoms with Crippen LogP contribution in [0.2, 0.25) is 0 Å². The van der Waals surface area contributed by atoms with Crippen LogP contribution in [0.1, 0.15) is 102 Å². The number of aromatic nitrogens is 4. The fourth-order valence-corrected chi connectivity index (χ4v) is 8.85. The molecule has 2 aliphatic carbocycles. The molecule has 4 aliphatic rings. The van der Waals surface area contributed by atoms with E-state index in [-0.39, 0.29) is 36.2 Å². The van der Waals surface area contributed by atoms with Crippen LogP contribution >= 0.6 is 11.3 Å². The highest BCUT2D eigenvalue weighted by Gasteiger charge is 2.40. The second kappa shape index (κ2) is 17.9. The lowest BCUT2D eigenvalue weighted by Crippen LogP contribution is -2.52. The van der Waals surface area contributed by atoms with Gasteiger partial charge >= 0.3 is 6.03 Å². The first-order valence-corrected chi connectivity index (χ1v) is 20.8. The number of piperidine rings is 1. The molecular weight excluding hydrogens is 735 g/mol. The van der Waals surface area contributed by atoms with E-state index < -0.39 is 11.9 Å². The molecule has 0 radical (unpaired) electrons. The maximum atomic E-state index is 12.9. The van der Waals surface area contributed by atoms with Gasteiger partial charge in [0.1, 0.15) is 6.04 Å². The number of hydrogen-bond donors (Lipinski definition) is 6. The molecule has 1 atom stereocenters. The van der Waals surface area contributed by atoms with Gasteiger partial charge in [0.15, 0.2) is 0 Å². The van der Waals surface area contributed by atoms with Crippen molar-refractivity contribution in [1.82, 2.24) is 51.2 Å². The molecular formula is C39H53N11O5S. The first kappa shape index (κ1) is 39.3. The Morgan fingerprint density at radius 3 is 2.46 bits per heavy atom. The SMILES string of the molecule is Cc1cnc(NC2CCC(NCC(=O)NCCCCCNC(=O)NCc3cc4c(s3)C(=O)N(C3CCC(=O)NC3=O)C4)CC2)nc1-c1cnn(C)c1CC1CC1. The van der Waals surface area contributed by atoms with Gasteiger partial charge in [0, 0.05) is 67.5 Å². The van der Waals surface area contributed by atoms with E-state index >= 15 is 0 Å². The lowest BCUT2D eigenvalue weighted by atomic mass is 9.91. The van der Waals surface area contributed by atoms with Crippen molar-refractivity contribution < 1.29 is 24.0 Å². The minimum absolute atomic E-state index is 0.00951. The number of nitrogens with zero attached hydrogens (tertiary/aromatic N) is 5. The zero-order valence-corrected chi connectivity index (χ0v) is 33.1. The third kappa shape index (κ3) is 9.90. The Morgan fingerprint density at radius 2 is 1.71 bits per heavy atom. The summed E-state index contributed by atoms with van der Waals surface area (Å²) in [6, 6.07) is 1.56. The molecule has 1 saturated heterocycles. The summed E-state index contributed by atoms with van der Waals surface area (Å²) < 4.78 is 1.98. The predicted octanol–water partition coefficient (Wildman–Crippen LogP) is 3.06. The minimum atomic E-state index is -0.634. The Hall–Kier alpha value is -4.90.